The molecular weight excluding hydrogens is 314 g/mol. The van der Waals surface area contributed by atoms with Crippen molar-refractivity contribution in [1.29, 1.82) is 0 Å². The molecule has 1 aliphatic heterocycles. The second-order valence-electron chi connectivity index (χ2n) is 5.18. The van der Waals surface area contributed by atoms with Crippen LogP contribution in [0.1, 0.15) is 18.5 Å². The highest BCUT2D eigenvalue weighted by atomic mass is 16.6. The van der Waals surface area contributed by atoms with Crippen LogP contribution >= 0.6 is 0 Å². The van der Waals surface area contributed by atoms with Crippen LogP contribution in [0.25, 0.3) is 0 Å². The number of esters is 1. The monoisotopic (exact) mass is 331 g/mol. The van der Waals surface area contributed by atoms with Crippen LogP contribution in [0.15, 0.2) is 48.2 Å². The van der Waals surface area contributed by atoms with Crippen LogP contribution in [0, 0.1) is 10.1 Å². The first-order valence-corrected chi connectivity index (χ1v) is 7.14. The summed E-state index contributed by atoms with van der Waals surface area (Å²) >= 11 is 0. The minimum atomic E-state index is -0.828. The molecule has 2 rings (SSSR count). The van der Waals surface area contributed by atoms with Gasteiger partial charge < -0.3 is 15.0 Å². The maximum Gasteiger partial charge on any atom is 0.338 e. The molecule has 0 bridgehead atoms. The Morgan fingerprint density at radius 3 is 2.88 bits per heavy atom. The molecule has 1 unspecified atom stereocenters. The summed E-state index contributed by atoms with van der Waals surface area (Å²) in [4.78, 5) is 36.2. The van der Waals surface area contributed by atoms with Crippen LogP contribution in [0.3, 0.4) is 0 Å². The van der Waals surface area contributed by atoms with E-state index in [0.717, 1.165) is 0 Å². The Labute approximate surface area is 138 Å². The van der Waals surface area contributed by atoms with Crippen molar-refractivity contribution in [2.75, 3.05) is 13.7 Å². The molecule has 8 nitrogen and oxygen atoms in total. The highest BCUT2D eigenvalue weighted by Crippen LogP contribution is 2.32. The molecule has 0 saturated heterocycles. The van der Waals surface area contributed by atoms with E-state index in [2.05, 4.69) is 11.9 Å². The predicted octanol–water partition coefficient (Wildman–Crippen LogP) is 2.29. The number of nitrogens with zero attached hydrogens (tertiary/aromatic N) is 2. The van der Waals surface area contributed by atoms with Gasteiger partial charge in [-0.05, 0) is 12.5 Å². The van der Waals surface area contributed by atoms with Crippen LogP contribution in [-0.2, 0) is 9.53 Å². The molecule has 0 radical (unpaired) electrons. The lowest BCUT2D eigenvalue weighted by atomic mass is 9.95. The molecule has 1 aliphatic rings. The fraction of sp³-hybridized carbons (Fsp3) is 0.250. The van der Waals surface area contributed by atoms with Crippen LogP contribution in [0.4, 0.5) is 10.5 Å². The molecule has 8 heteroatoms. The normalized spacial score (nSPS) is 17.3. The van der Waals surface area contributed by atoms with Gasteiger partial charge in [0.2, 0.25) is 0 Å². The summed E-state index contributed by atoms with van der Waals surface area (Å²) in [7, 11) is 1.52. The van der Waals surface area contributed by atoms with Gasteiger partial charge >= 0.3 is 12.0 Å². The van der Waals surface area contributed by atoms with Gasteiger partial charge in [-0.3, -0.25) is 10.1 Å². The van der Waals surface area contributed by atoms with E-state index in [1.54, 1.807) is 13.0 Å². The summed E-state index contributed by atoms with van der Waals surface area (Å²) in [5.74, 6) is -0.615. The molecule has 0 saturated carbocycles. The molecule has 24 heavy (non-hydrogen) atoms. The van der Waals surface area contributed by atoms with Gasteiger partial charge in [0, 0.05) is 24.9 Å². The minimum Gasteiger partial charge on any atom is -0.458 e. The Kier molecular flexibility index (Phi) is 4.98. The average molecular weight is 331 g/mol. The summed E-state index contributed by atoms with van der Waals surface area (Å²) in [5.41, 5.74) is 0.941. The van der Waals surface area contributed by atoms with Gasteiger partial charge in [0.05, 0.1) is 16.5 Å². The Morgan fingerprint density at radius 1 is 1.54 bits per heavy atom. The SMILES string of the molecule is C=CCOC(=O)C1=C(C)N(C)C(=O)NC1c1cccc([N+](=O)[O-])c1. The molecule has 1 heterocycles. The molecule has 1 aromatic rings. The maximum atomic E-state index is 12.4. The second-order valence-corrected chi connectivity index (χ2v) is 5.18. The van der Waals surface area contributed by atoms with E-state index in [0.29, 0.717) is 11.3 Å². The number of ether oxygens (including phenoxy) is 1. The van der Waals surface area contributed by atoms with Crippen molar-refractivity contribution in [3.63, 3.8) is 0 Å². The summed E-state index contributed by atoms with van der Waals surface area (Å²) < 4.78 is 5.09. The van der Waals surface area contributed by atoms with Gasteiger partial charge in [0.25, 0.3) is 5.69 Å². The first kappa shape index (κ1) is 17.2. The molecular formula is C16H17N3O5. The van der Waals surface area contributed by atoms with Gasteiger partial charge in [-0.2, -0.15) is 0 Å². The summed E-state index contributed by atoms with van der Waals surface area (Å²) in [6.45, 7) is 5.12. The number of urea groups is 1. The van der Waals surface area contributed by atoms with E-state index >= 15 is 0 Å². The number of carbonyl (C=O) groups excluding carboxylic acids is 2. The maximum absolute atomic E-state index is 12.4. The molecule has 1 aromatic carbocycles. The van der Waals surface area contributed by atoms with Gasteiger partial charge in [-0.1, -0.05) is 24.8 Å². The Hall–Kier alpha value is -3.16. The number of hydrogen-bond acceptors (Lipinski definition) is 5. The fourth-order valence-electron chi connectivity index (χ4n) is 2.38. The van der Waals surface area contributed by atoms with E-state index in [1.807, 2.05) is 0 Å². The van der Waals surface area contributed by atoms with Crippen molar-refractivity contribution in [3.8, 4) is 0 Å². The van der Waals surface area contributed by atoms with Gasteiger partial charge in [-0.15, -0.1) is 0 Å². The number of benzene rings is 1. The zero-order valence-corrected chi connectivity index (χ0v) is 13.3. The van der Waals surface area contributed by atoms with Crippen molar-refractivity contribution in [2.24, 2.45) is 0 Å². The number of non-ortho nitro benzene ring substituents is 1. The summed E-state index contributed by atoms with van der Waals surface area (Å²) in [6.07, 6.45) is 1.43. The molecule has 1 atom stereocenters. The lowest BCUT2D eigenvalue weighted by molar-refractivity contribution is -0.384. The van der Waals surface area contributed by atoms with Crippen molar-refractivity contribution >= 4 is 17.7 Å². The number of allylic oxidation sites excluding steroid dienone is 1. The van der Waals surface area contributed by atoms with E-state index in [9.17, 15) is 19.7 Å². The first-order chi connectivity index (χ1) is 11.4. The third kappa shape index (κ3) is 3.27. The number of nitro groups is 1. The topological polar surface area (TPSA) is 102 Å². The highest BCUT2D eigenvalue weighted by molar-refractivity contribution is 5.95. The summed E-state index contributed by atoms with van der Waals surface area (Å²) in [5, 5.41) is 13.6. The summed E-state index contributed by atoms with van der Waals surface area (Å²) in [6, 6.07) is 4.53. The van der Waals surface area contributed by atoms with Gasteiger partial charge in [0.15, 0.2) is 0 Å². The van der Waals surface area contributed by atoms with E-state index < -0.39 is 23.0 Å². The lowest BCUT2D eigenvalue weighted by Gasteiger charge is -2.33. The number of carbonyl (C=O) groups is 2. The smallest absolute Gasteiger partial charge is 0.338 e. The third-order valence-electron chi connectivity index (χ3n) is 3.72. The molecule has 0 spiro atoms. The molecule has 126 valence electrons. The van der Waals surface area contributed by atoms with Crippen molar-refractivity contribution in [3.05, 3.63) is 63.9 Å². The van der Waals surface area contributed by atoms with E-state index in [1.165, 1.54) is 36.2 Å². The zero-order chi connectivity index (χ0) is 17.9. The standard InChI is InChI=1S/C16H17N3O5/c1-4-8-24-15(20)13-10(2)18(3)16(21)17-14(13)11-6-5-7-12(9-11)19(22)23/h4-7,9,14H,1,8H2,2-3H3,(H,17,21). The van der Waals surface area contributed by atoms with Crippen LogP contribution < -0.4 is 5.32 Å². The molecule has 1 N–H and O–H groups in total. The highest BCUT2D eigenvalue weighted by Gasteiger charge is 2.35. The van der Waals surface area contributed by atoms with Crippen LogP contribution in [0.2, 0.25) is 0 Å². The number of nitrogens with one attached hydrogen (secondary N) is 1. The van der Waals surface area contributed by atoms with Gasteiger partial charge in [0.1, 0.15) is 6.61 Å². The molecule has 0 fully saturated rings. The first-order valence-electron chi connectivity index (χ1n) is 7.14. The minimum absolute atomic E-state index is 0.0227. The number of amides is 2. The number of rotatable bonds is 5. The zero-order valence-electron chi connectivity index (χ0n) is 13.3. The predicted molar refractivity (Wildman–Crippen MR) is 86.0 cm³/mol. The quantitative estimate of drug-likeness (QED) is 0.386. The average Bonchev–Trinajstić information content (AvgIpc) is 2.57. The van der Waals surface area contributed by atoms with Crippen LogP contribution in [-0.4, -0.2) is 35.5 Å². The molecule has 2 amide bonds. The number of hydrogen-bond donors (Lipinski definition) is 1. The van der Waals surface area contributed by atoms with Gasteiger partial charge in [-0.25, -0.2) is 9.59 Å². The third-order valence-corrected chi connectivity index (χ3v) is 3.72. The van der Waals surface area contributed by atoms with E-state index in [4.69, 9.17) is 4.74 Å². The Morgan fingerprint density at radius 2 is 2.25 bits per heavy atom. The van der Waals surface area contributed by atoms with Crippen molar-refractivity contribution < 1.29 is 19.2 Å². The number of nitro benzene ring substituents is 1. The largest absolute Gasteiger partial charge is 0.458 e. The van der Waals surface area contributed by atoms with Crippen molar-refractivity contribution in [2.45, 2.75) is 13.0 Å². The Bertz CT molecular complexity index is 741. The fourth-order valence-corrected chi connectivity index (χ4v) is 2.38. The van der Waals surface area contributed by atoms with Crippen LogP contribution in [0.5, 0.6) is 0 Å². The molecule has 0 aromatic heterocycles. The lowest BCUT2D eigenvalue weighted by Crippen LogP contribution is -2.46. The Balaban J connectivity index is 2.50. The molecule has 0 aliphatic carbocycles. The second kappa shape index (κ2) is 6.95. The van der Waals surface area contributed by atoms with Crippen molar-refractivity contribution in [1.82, 2.24) is 10.2 Å². The van der Waals surface area contributed by atoms with E-state index in [-0.39, 0.29) is 17.9 Å².